The third kappa shape index (κ3) is 1.19. The average Bonchev–Trinajstić information content (AvgIpc) is 2.91. The van der Waals surface area contributed by atoms with Gasteiger partial charge in [0.15, 0.2) is 17.5 Å². The highest BCUT2D eigenvalue weighted by molar-refractivity contribution is 5.79. The van der Waals surface area contributed by atoms with Crippen molar-refractivity contribution in [1.29, 1.82) is 0 Å². The van der Waals surface area contributed by atoms with Gasteiger partial charge < -0.3 is 4.98 Å². The number of nitrogens with zero attached hydrogens (tertiary/aromatic N) is 2. The van der Waals surface area contributed by atoms with Crippen molar-refractivity contribution < 1.29 is 8.78 Å². The molecule has 0 aliphatic rings. The molecule has 0 aliphatic heterocycles. The van der Waals surface area contributed by atoms with E-state index in [9.17, 15) is 8.78 Å². The minimum atomic E-state index is -0.945. The second kappa shape index (κ2) is 3.13. The number of benzene rings is 1. The van der Waals surface area contributed by atoms with Gasteiger partial charge in [0.05, 0.1) is 5.52 Å². The lowest BCUT2D eigenvalue weighted by molar-refractivity contribution is 0.515. The third-order valence-corrected chi connectivity index (χ3v) is 2.30. The van der Waals surface area contributed by atoms with Crippen LogP contribution in [0.4, 0.5) is 8.78 Å². The monoisotopic (exact) mass is 220 g/mol. The van der Waals surface area contributed by atoms with E-state index in [0.717, 1.165) is 6.07 Å². The molecule has 16 heavy (non-hydrogen) atoms. The van der Waals surface area contributed by atoms with Crippen LogP contribution in [0.25, 0.3) is 22.6 Å². The smallest absolute Gasteiger partial charge is 0.186 e. The van der Waals surface area contributed by atoms with Crippen LogP contribution in [0, 0.1) is 11.6 Å². The second-order valence-corrected chi connectivity index (χ2v) is 3.31. The van der Waals surface area contributed by atoms with E-state index in [1.165, 1.54) is 6.07 Å². The van der Waals surface area contributed by atoms with Crippen molar-refractivity contribution in [3.05, 3.63) is 36.0 Å². The lowest BCUT2D eigenvalue weighted by Gasteiger charge is -1.91. The summed E-state index contributed by atoms with van der Waals surface area (Å²) in [6.45, 7) is 0. The molecule has 3 aromatic rings. The molecule has 2 heterocycles. The summed E-state index contributed by atoms with van der Waals surface area (Å²) in [6, 6.07) is 4.19. The number of H-pyrrole nitrogens is 2. The molecule has 80 valence electrons. The lowest BCUT2D eigenvalue weighted by Crippen LogP contribution is -1.84. The van der Waals surface area contributed by atoms with Gasteiger partial charge in [-0.3, -0.25) is 5.10 Å². The molecule has 0 radical (unpaired) electrons. The van der Waals surface area contributed by atoms with Crippen LogP contribution in [0.2, 0.25) is 0 Å². The average molecular weight is 220 g/mol. The van der Waals surface area contributed by atoms with Gasteiger partial charge in [0.2, 0.25) is 0 Å². The molecular weight excluding hydrogens is 214 g/mol. The summed E-state index contributed by atoms with van der Waals surface area (Å²) in [5, 5.41) is 6.44. The van der Waals surface area contributed by atoms with E-state index in [1.54, 1.807) is 12.3 Å². The van der Waals surface area contributed by atoms with Crippen LogP contribution >= 0.6 is 0 Å². The van der Waals surface area contributed by atoms with Crippen LogP contribution in [0.3, 0.4) is 0 Å². The number of aromatic amines is 2. The highest BCUT2D eigenvalue weighted by atomic mass is 19.2. The molecule has 6 heteroatoms. The minimum absolute atomic E-state index is 0.00963. The molecule has 1 aromatic carbocycles. The van der Waals surface area contributed by atoms with Crippen LogP contribution in [-0.2, 0) is 0 Å². The Hall–Kier alpha value is -2.24. The number of nitrogens with one attached hydrogen (secondary N) is 2. The van der Waals surface area contributed by atoms with Gasteiger partial charge in [-0.25, -0.2) is 13.8 Å². The topological polar surface area (TPSA) is 57.4 Å². The Bertz CT molecular complexity index is 642. The summed E-state index contributed by atoms with van der Waals surface area (Å²) < 4.78 is 26.3. The number of rotatable bonds is 1. The van der Waals surface area contributed by atoms with Crippen LogP contribution in [-0.4, -0.2) is 20.2 Å². The maximum Gasteiger partial charge on any atom is 0.186 e. The van der Waals surface area contributed by atoms with Crippen LogP contribution in [0.5, 0.6) is 0 Å². The molecule has 0 unspecified atom stereocenters. The Balaban J connectivity index is 2.28. The molecule has 0 amide bonds. The number of imidazole rings is 1. The lowest BCUT2D eigenvalue weighted by atomic mass is 10.3. The Labute approximate surface area is 88.3 Å². The number of hydrogen-bond donors (Lipinski definition) is 2. The van der Waals surface area contributed by atoms with E-state index in [1.807, 2.05) is 0 Å². The summed E-state index contributed by atoms with van der Waals surface area (Å²) in [5.41, 5.74) is 1.06. The minimum Gasteiger partial charge on any atom is -0.337 e. The van der Waals surface area contributed by atoms with Crippen molar-refractivity contribution in [2.45, 2.75) is 0 Å². The van der Waals surface area contributed by atoms with Crippen molar-refractivity contribution in [3.8, 4) is 11.5 Å². The van der Waals surface area contributed by atoms with Gasteiger partial charge in [-0.05, 0) is 18.2 Å². The van der Waals surface area contributed by atoms with E-state index >= 15 is 0 Å². The van der Waals surface area contributed by atoms with E-state index in [2.05, 4.69) is 20.2 Å². The molecule has 0 saturated carbocycles. The number of aromatic nitrogens is 4. The molecule has 4 nitrogen and oxygen atoms in total. The fourth-order valence-electron chi connectivity index (χ4n) is 1.53. The van der Waals surface area contributed by atoms with Crippen molar-refractivity contribution in [1.82, 2.24) is 20.2 Å². The molecule has 0 aliphatic carbocycles. The van der Waals surface area contributed by atoms with Crippen LogP contribution < -0.4 is 0 Å². The molecule has 0 fully saturated rings. The highest BCUT2D eigenvalue weighted by Gasteiger charge is 2.12. The summed E-state index contributed by atoms with van der Waals surface area (Å²) in [7, 11) is 0. The molecule has 2 aromatic heterocycles. The van der Waals surface area contributed by atoms with Gasteiger partial charge >= 0.3 is 0 Å². The van der Waals surface area contributed by atoms with E-state index in [-0.39, 0.29) is 5.52 Å². The molecular formula is C10H6F2N4. The summed E-state index contributed by atoms with van der Waals surface area (Å²) in [4.78, 5) is 6.85. The van der Waals surface area contributed by atoms with Crippen LogP contribution in [0.1, 0.15) is 0 Å². The maximum absolute atomic E-state index is 13.4. The summed E-state index contributed by atoms with van der Waals surface area (Å²) >= 11 is 0. The SMILES string of the molecule is Fc1ccc2[nH]c(-c3ccn[nH]3)nc2c1F. The highest BCUT2D eigenvalue weighted by Crippen LogP contribution is 2.22. The third-order valence-electron chi connectivity index (χ3n) is 2.30. The van der Waals surface area contributed by atoms with Crippen molar-refractivity contribution in [2.24, 2.45) is 0 Å². The van der Waals surface area contributed by atoms with Gasteiger partial charge in [-0.1, -0.05) is 0 Å². The zero-order valence-corrected chi connectivity index (χ0v) is 7.96. The van der Waals surface area contributed by atoms with Gasteiger partial charge in [0.1, 0.15) is 11.2 Å². The zero-order valence-electron chi connectivity index (χ0n) is 7.96. The quantitative estimate of drug-likeness (QED) is 0.660. The normalized spacial score (nSPS) is 11.1. The number of fused-ring (bicyclic) bond motifs is 1. The largest absolute Gasteiger partial charge is 0.337 e. The summed E-state index contributed by atoms with van der Waals surface area (Å²) in [5.74, 6) is -1.42. The predicted molar refractivity (Wildman–Crippen MR) is 53.6 cm³/mol. The van der Waals surface area contributed by atoms with Gasteiger partial charge in [-0.15, -0.1) is 0 Å². The maximum atomic E-state index is 13.4. The molecule has 0 bridgehead atoms. The Kier molecular flexibility index (Phi) is 1.76. The Morgan fingerprint density at radius 1 is 1.12 bits per heavy atom. The first-order valence-electron chi connectivity index (χ1n) is 4.59. The van der Waals surface area contributed by atoms with Crippen LogP contribution in [0.15, 0.2) is 24.4 Å². The van der Waals surface area contributed by atoms with Gasteiger partial charge in [-0.2, -0.15) is 5.10 Å². The molecule has 0 spiro atoms. The van der Waals surface area contributed by atoms with Gasteiger partial charge in [0, 0.05) is 6.20 Å². The predicted octanol–water partition coefficient (Wildman–Crippen LogP) is 2.23. The second-order valence-electron chi connectivity index (χ2n) is 3.31. The first-order valence-corrected chi connectivity index (χ1v) is 4.59. The van der Waals surface area contributed by atoms with Crippen molar-refractivity contribution in [3.63, 3.8) is 0 Å². The first-order chi connectivity index (χ1) is 7.75. The zero-order chi connectivity index (χ0) is 11.1. The van der Waals surface area contributed by atoms with Crippen molar-refractivity contribution >= 4 is 11.0 Å². The molecule has 2 N–H and O–H groups in total. The Morgan fingerprint density at radius 3 is 2.75 bits per heavy atom. The van der Waals surface area contributed by atoms with Crippen molar-refractivity contribution in [2.75, 3.05) is 0 Å². The molecule has 0 saturated heterocycles. The van der Waals surface area contributed by atoms with E-state index in [4.69, 9.17) is 0 Å². The Morgan fingerprint density at radius 2 is 2.00 bits per heavy atom. The fraction of sp³-hybridized carbons (Fsp3) is 0. The molecule has 0 atom stereocenters. The molecule has 3 rings (SSSR count). The number of hydrogen-bond acceptors (Lipinski definition) is 2. The number of halogens is 2. The first kappa shape index (κ1) is 9.02. The standard InChI is InChI=1S/C10H6F2N4/c11-5-1-2-6-9(8(5)12)15-10(14-6)7-3-4-13-16-7/h1-4H,(H,13,16)(H,14,15). The van der Waals surface area contributed by atoms with E-state index in [0.29, 0.717) is 17.0 Å². The van der Waals surface area contributed by atoms with E-state index < -0.39 is 11.6 Å². The fourth-order valence-corrected chi connectivity index (χ4v) is 1.53. The summed E-state index contributed by atoms with van der Waals surface area (Å²) in [6.07, 6.45) is 1.56. The van der Waals surface area contributed by atoms with Gasteiger partial charge in [0.25, 0.3) is 0 Å².